The lowest BCUT2D eigenvalue weighted by atomic mass is 10.1. The fourth-order valence-corrected chi connectivity index (χ4v) is 1.87. The molecular formula is C14H20BrNO. The van der Waals surface area contributed by atoms with Crippen molar-refractivity contribution in [2.24, 2.45) is 0 Å². The molecule has 0 aliphatic rings. The summed E-state index contributed by atoms with van der Waals surface area (Å²) in [6.45, 7) is 2.80. The van der Waals surface area contributed by atoms with Gasteiger partial charge in [-0.2, -0.15) is 0 Å². The van der Waals surface area contributed by atoms with Crippen molar-refractivity contribution in [1.82, 2.24) is 5.32 Å². The molecule has 0 bridgehead atoms. The molecule has 1 aromatic carbocycles. The van der Waals surface area contributed by atoms with Gasteiger partial charge in [0.2, 0.25) is 5.91 Å². The Kier molecular flexibility index (Phi) is 6.94. The number of hydrogen-bond donors (Lipinski definition) is 1. The van der Waals surface area contributed by atoms with Crippen LogP contribution in [0.3, 0.4) is 0 Å². The fraction of sp³-hybridized carbons (Fsp3) is 0.500. The van der Waals surface area contributed by atoms with E-state index in [1.165, 1.54) is 12.8 Å². The predicted octanol–water partition coefficient (Wildman–Crippen LogP) is 4.04. The second kappa shape index (κ2) is 8.29. The lowest BCUT2D eigenvalue weighted by Gasteiger charge is -2.05. The van der Waals surface area contributed by atoms with Gasteiger partial charge in [-0.25, -0.2) is 0 Å². The molecule has 0 saturated heterocycles. The average Bonchev–Trinajstić information content (AvgIpc) is 2.34. The maximum Gasteiger partial charge on any atom is 0.220 e. The Bertz CT molecular complexity index is 335. The van der Waals surface area contributed by atoms with Crippen LogP contribution in [0.2, 0.25) is 0 Å². The molecule has 1 rings (SSSR count). The zero-order chi connectivity index (χ0) is 12.5. The Morgan fingerprint density at radius 2 is 1.88 bits per heavy atom. The van der Waals surface area contributed by atoms with Crippen molar-refractivity contribution >= 4 is 21.8 Å². The number of carbonyl (C=O) groups is 1. The zero-order valence-electron chi connectivity index (χ0n) is 10.3. The summed E-state index contributed by atoms with van der Waals surface area (Å²) in [6.07, 6.45) is 5.24. The fourth-order valence-electron chi connectivity index (χ4n) is 1.60. The molecule has 0 heterocycles. The van der Waals surface area contributed by atoms with E-state index in [0.29, 0.717) is 13.0 Å². The van der Waals surface area contributed by atoms with Crippen LogP contribution in [0, 0.1) is 0 Å². The quantitative estimate of drug-likeness (QED) is 0.756. The topological polar surface area (TPSA) is 29.1 Å². The minimum absolute atomic E-state index is 0.157. The molecule has 17 heavy (non-hydrogen) atoms. The first kappa shape index (κ1) is 14.2. The molecule has 0 aliphatic heterocycles. The molecule has 0 aromatic heterocycles. The lowest BCUT2D eigenvalue weighted by Crippen LogP contribution is -2.22. The molecular weight excluding hydrogens is 278 g/mol. The summed E-state index contributed by atoms with van der Waals surface area (Å²) >= 11 is 3.39. The summed E-state index contributed by atoms with van der Waals surface area (Å²) in [6, 6.07) is 8.01. The van der Waals surface area contributed by atoms with E-state index in [1.807, 2.05) is 24.3 Å². The van der Waals surface area contributed by atoms with Crippen molar-refractivity contribution < 1.29 is 4.79 Å². The smallest absolute Gasteiger partial charge is 0.220 e. The SMILES string of the molecule is CCCCCCC(=O)NCc1ccc(Br)cc1. The number of rotatable bonds is 7. The second-order valence-electron chi connectivity index (χ2n) is 4.21. The van der Waals surface area contributed by atoms with Crippen molar-refractivity contribution in [3.05, 3.63) is 34.3 Å². The maximum atomic E-state index is 11.5. The average molecular weight is 298 g/mol. The first-order valence-electron chi connectivity index (χ1n) is 6.23. The summed E-state index contributed by atoms with van der Waals surface area (Å²) in [7, 11) is 0. The Morgan fingerprint density at radius 1 is 1.18 bits per heavy atom. The van der Waals surface area contributed by atoms with Gasteiger partial charge in [0.1, 0.15) is 0 Å². The Hall–Kier alpha value is -0.830. The highest BCUT2D eigenvalue weighted by molar-refractivity contribution is 9.10. The van der Waals surface area contributed by atoms with E-state index in [-0.39, 0.29) is 5.91 Å². The third kappa shape index (κ3) is 6.47. The molecule has 0 aliphatic carbocycles. The first-order chi connectivity index (χ1) is 8.22. The van der Waals surface area contributed by atoms with Gasteiger partial charge in [0.25, 0.3) is 0 Å². The molecule has 3 heteroatoms. The van der Waals surface area contributed by atoms with Gasteiger partial charge in [0.05, 0.1) is 0 Å². The van der Waals surface area contributed by atoms with Crippen LogP contribution in [0.25, 0.3) is 0 Å². The van der Waals surface area contributed by atoms with E-state index in [0.717, 1.165) is 22.9 Å². The van der Waals surface area contributed by atoms with E-state index in [9.17, 15) is 4.79 Å². The van der Waals surface area contributed by atoms with E-state index in [2.05, 4.69) is 28.2 Å². The number of halogens is 1. The normalized spacial score (nSPS) is 10.2. The molecule has 0 fully saturated rings. The predicted molar refractivity (Wildman–Crippen MR) is 74.7 cm³/mol. The molecule has 1 amide bonds. The van der Waals surface area contributed by atoms with Crippen LogP contribution in [0.5, 0.6) is 0 Å². The summed E-state index contributed by atoms with van der Waals surface area (Å²) in [5, 5.41) is 2.94. The molecule has 0 atom stereocenters. The number of benzene rings is 1. The van der Waals surface area contributed by atoms with E-state index < -0.39 is 0 Å². The van der Waals surface area contributed by atoms with Crippen LogP contribution >= 0.6 is 15.9 Å². The summed E-state index contributed by atoms with van der Waals surface area (Å²) in [5.41, 5.74) is 1.13. The summed E-state index contributed by atoms with van der Waals surface area (Å²) in [4.78, 5) is 11.5. The second-order valence-corrected chi connectivity index (χ2v) is 5.13. The van der Waals surface area contributed by atoms with Gasteiger partial charge in [-0.05, 0) is 24.1 Å². The zero-order valence-corrected chi connectivity index (χ0v) is 11.9. The third-order valence-corrected chi connectivity index (χ3v) is 3.19. The van der Waals surface area contributed by atoms with Crippen LogP contribution in [-0.4, -0.2) is 5.91 Å². The Morgan fingerprint density at radius 3 is 2.53 bits per heavy atom. The van der Waals surface area contributed by atoms with E-state index >= 15 is 0 Å². The van der Waals surface area contributed by atoms with Crippen molar-refractivity contribution in [2.75, 3.05) is 0 Å². The van der Waals surface area contributed by atoms with Crippen LogP contribution < -0.4 is 5.32 Å². The first-order valence-corrected chi connectivity index (χ1v) is 7.03. The van der Waals surface area contributed by atoms with Crippen LogP contribution in [0.15, 0.2) is 28.7 Å². The molecule has 0 saturated carbocycles. The number of hydrogen-bond acceptors (Lipinski definition) is 1. The molecule has 1 aromatic rings. The molecule has 2 nitrogen and oxygen atoms in total. The van der Waals surface area contributed by atoms with Crippen LogP contribution in [-0.2, 0) is 11.3 Å². The lowest BCUT2D eigenvalue weighted by molar-refractivity contribution is -0.121. The van der Waals surface area contributed by atoms with Crippen molar-refractivity contribution in [2.45, 2.75) is 45.6 Å². The van der Waals surface area contributed by atoms with E-state index in [4.69, 9.17) is 0 Å². The minimum Gasteiger partial charge on any atom is -0.352 e. The maximum absolute atomic E-state index is 11.5. The van der Waals surface area contributed by atoms with Gasteiger partial charge >= 0.3 is 0 Å². The highest BCUT2D eigenvalue weighted by Crippen LogP contribution is 2.10. The molecule has 0 spiro atoms. The van der Waals surface area contributed by atoms with Crippen LogP contribution in [0.4, 0.5) is 0 Å². The van der Waals surface area contributed by atoms with Gasteiger partial charge in [-0.3, -0.25) is 4.79 Å². The summed E-state index contributed by atoms with van der Waals surface area (Å²) in [5.74, 6) is 0.157. The number of nitrogens with one attached hydrogen (secondary N) is 1. The standard InChI is InChI=1S/C14H20BrNO/c1-2-3-4-5-6-14(17)16-11-12-7-9-13(15)10-8-12/h7-10H,2-6,11H2,1H3,(H,16,17). The Balaban J connectivity index is 2.17. The van der Waals surface area contributed by atoms with Gasteiger partial charge in [-0.1, -0.05) is 54.2 Å². The number of carbonyl (C=O) groups excluding carboxylic acids is 1. The molecule has 94 valence electrons. The Labute approximate surface area is 112 Å². The van der Waals surface area contributed by atoms with Crippen LogP contribution in [0.1, 0.15) is 44.6 Å². The van der Waals surface area contributed by atoms with Crippen molar-refractivity contribution in [3.8, 4) is 0 Å². The van der Waals surface area contributed by atoms with E-state index in [1.54, 1.807) is 0 Å². The number of amides is 1. The highest BCUT2D eigenvalue weighted by atomic mass is 79.9. The largest absolute Gasteiger partial charge is 0.352 e. The van der Waals surface area contributed by atoms with Crippen molar-refractivity contribution in [3.63, 3.8) is 0 Å². The van der Waals surface area contributed by atoms with Gasteiger partial charge in [-0.15, -0.1) is 0 Å². The number of unbranched alkanes of at least 4 members (excludes halogenated alkanes) is 3. The third-order valence-electron chi connectivity index (χ3n) is 2.66. The minimum atomic E-state index is 0.157. The van der Waals surface area contributed by atoms with Gasteiger partial charge < -0.3 is 5.32 Å². The molecule has 0 radical (unpaired) electrons. The monoisotopic (exact) mass is 297 g/mol. The molecule has 1 N–H and O–H groups in total. The van der Waals surface area contributed by atoms with Crippen molar-refractivity contribution in [1.29, 1.82) is 0 Å². The van der Waals surface area contributed by atoms with Gasteiger partial charge in [0, 0.05) is 17.4 Å². The van der Waals surface area contributed by atoms with Gasteiger partial charge in [0.15, 0.2) is 0 Å². The summed E-state index contributed by atoms with van der Waals surface area (Å²) < 4.78 is 1.06. The molecule has 0 unspecified atom stereocenters. The highest BCUT2D eigenvalue weighted by Gasteiger charge is 2.00.